The lowest BCUT2D eigenvalue weighted by atomic mass is 10.1. The van der Waals surface area contributed by atoms with E-state index in [1.807, 2.05) is 37.0 Å². The van der Waals surface area contributed by atoms with E-state index in [9.17, 15) is 5.11 Å². The molecule has 1 aromatic carbocycles. The maximum absolute atomic E-state index is 10.3. The number of hydrogen-bond donors (Lipinski definition) is 3. The van der Waals surface area contributed by atoms with E-state index >= 15 is 0 Å². The fourth-order valence-corrected chi connectivity index (χ4v) is 4.11. The Morgan fingerprint density at radius 3 is 2.79 bits per heavy atom. The summed E-state index contributed by atoms with van der Waals surface area (Å²) in [7, 11) is 0. The van der Waals surface area contributed by atoms with Gasteiger partial charge in [-0.2, -0.15) is 0 Å². The SMILES string of the molecule is CCC(C)(NCC(O)COc1cc(C)cc2[nH]ccc12)SC(C)C. The molecule has 0 aliphatic rings. The summed E-state index contributed by atoms with van der Waals surface area (Å²) in [5, 5.41) is 15.4. The molecule has 0 saturated carbocycles. The Morgan fingerprint density at radius 2 is 2.12 bits per heavy atom. The van der Waals surface area contributed by atoms with Crippen molar-refractivity contribution in [3.8, 4) is 5.75 Å². The minimum Gasteiger partial charge on any atom is -0.490 e. The number of aliphatic hydroxyl groups excluding tert-OH is 1. The van der Waals surface area contributed by atoms with E-state index < -0.39 is 6.10 Å². The highest BCUT2D eigenvalue weighted by atomic mass is 32.2. The topological polar surface area (TPSA) is 57.3 Å². The van der Waals surface area contributed by atoms with E-state index in [1.165, 1.54) is 0 Å². The number of benzene rings is 1. The van der Waals surface area contributed by atoms with Gasteiger partial charge in [0, 0.05) is 28.9 Å². The Bertz CT molecular complexity index is 656. The van der Waals surface area contributed by atoms with E-state index in [1.54, 1.807) is 0 Å². The van der Waals surface area contributed by atoms with Crippen LogP contribution in [0.25, 0.3) is 10.9 Å². The van der Waals surface area contributed by atoms with Crippen molar-refractivity contribution in [1.82, 2.24) is 10.3 Å². The zero-order chi connectivity index (χ0) is 17.7. The van der Waals surface area contributed by atoms with Crippen molar-refractivity contribution in [1.29, 1.82) is 0 Å². The highest BCUT2D eigenvalue weighted by Crippen LogP contribution is 2.29. The van der Waals surface area contributed by atoms with Crippen LogP contribution in [-0.4, -0.2) is 39.5 Å². The van der Waals surface area contributed by atoms with Crippen LogP contribution >= 0.6 is 11.8 Å². The van der Waals surface area contributed by atoms with Gasteiger partial charge in [0.2, 0.25) is 0 Å². The Kier molecular flexibility index (Phi) is 6.61. The van der Waals surface area contributed by atoms with Crippen LogP contribution < -0.4 is 10.1 Å². The molecule has 0 bridgehead atoms. The van der Waals surface area contributed by atoms with Crippen molar-refractivity contribution in [3.05, 3.63) is 30.0 Å². The monoisotopic (exact) mass is 350 g/mol. The van der Waals surface area contributed by atoms with E-state index in [0.29, 0.717) is 11.8 Å². The number of aliphatic hydroxyl groups is 1. The van der Waals surface area contributed by atoms with Crippen molar-refractivity contribution >= 4 is 22.7 Å². The molecule has 0 amide bonds. The molecule has 4 nitrogen and oxygen atoms in total. The van der Waals surface area contributed by atoms with Gasteiger partial charge in [-0.1, -0.05) is 20.8 Å². The van der Waals surface area contributed by atoms with Crippen LogP contribution in [-0.2, 0) is 0 Å². The normalized spacial score (nSPS) is 15.6. The molecule has 0 fully saturated rings. The minimum atomic E-state index is -0.543. The predicted molar refractivity (Wildman–Crippen MR) is 104 cm³/mol. The summed E-state index contributed by atoms with van der Waals surface area (Å²) in [6.07, 6.45) is 2.37. The average Bonchev–Trinajstić information content (AvgIpc) is 2.98. The molecule has 2 rings (SSSR count). The second-order valence-corrected chi connectivity index (χ2v) is 8.88. The van der Waals surface area contributed by atoms with Crippen molar-refractivity contribution in [3.63, 3.8) is 0 Å². The summed E-state index contributed by atoms with van der Waals surface area (Å²) in [6, 6.07) is 6.11. The summed E-state index contributed by atoms with van der Waals surface area (Å²) < 4.78 is 5.88. The molecular weight excluding hydrogens is 320 g/mol. The lowest BCUT2D eigenvalue weighted by molar-refractivity contribution is 0.103. The first-order valence-electron chi connectivity index (χ1n) is 8.64. The lowest BCUT2D eigenvalue weighted by Crippen LogP contribution is -2.45. The van der Waals surface area contributed by atoms with Gasteiger partial charge in [-0.3, -0.25) is 0 Å². The Morgan fingerprint density at radius 1 is 1.38 bits per heavy atom. The summed E-state index contributed by atoms with van der Waals surface area (Å²) in [6.45, 7) is 11.6. The van der Waals surface area contributed by atoms with Crippen LogP contribution in [0.4, 0.5) is 0 Å². The number of aryl methyl sites for hydroxylation is 1. The van der Waals surface area contributed by atoms with Gasteiger partial charge in [0.1, 0.15) is 18.5 Å². The molecule has 0 aliphatic heterocycles. The molecule has 0 radical (unpaired) electrons. The number of thioether (sulfide) groups is 1. The molecule has 0 aliphatic carbocycles. The Labute approximate surface area is 149 Å². The second kappa shape index (κ2) is 8.28. The standard InChI is InChI=1S/C19H30N2O2S/c1-6-19(5,24-13(2)3)21-11-15(22)12-23-18-10-14(4)9-17-16(18)7-8-20-17/h7-10,13,15,20-22H,6,11-12H2,1-5H3. The van der Waals surface area contributed by atoms with E-state index in [4.69, 9.17) is 4.74 Å². The number of rotatable bonds is 9. The van der Waals surface area contributed by atoms with Gasteiger partial charge < -0.3 is 20.1 Å². The van der Waals surface area contributed by atoms with E-state index in [2.05, 4.69) is 44.1 Å². The van der Waals surface area contributed by atoms with Crippen LogP contribution in [0.2, 0.25) is 0 Å². The van der Waals surface area contributed by atoms with Crippen LogP contribution in [0.15, 0.2) is 24.4 Å². The summed E-state index contributed by atoms with van der Waals surface area (Å²) in [4.78, 5) is 3.18. The molecule has 0 saturated heterocycles. The predicted octanol–water partition coefficient (Wildman–Crippen LogP) is 4.07. The van der Waals surface area contributed by atoms with Gasteiger partial charge in [0.15, 0.2) is 0 Å². The molecular formula is C19H30N2O2S. The molecule has 2 unspecified atom stereocenters. The van der Waals surface area contributed by atoms with Gasteiger partial charge in [0.05, 0.1) is 4.87 Å². The molecule has 3 N–H and O–H groups in total. The average molecular weight is 351 g/mol. The largest absolute Gasteiger partial charge is 0.490 e. The smallest absolute Gasteiger partial charge is 0.129 e. The third-order valence-corrected chi connectivity index (χ3v) is 5.51. The van der Waals surface area contributed by atoms with Crippen molar-refractivity contribution in [2.75, 3.05) is 13.2 Å². The van der Waals surface area contributed by atoms with Gasteiger partial charge in [-0.15, -0.1) is 11.8 Å². The van der Waals surface area contributed by atoms with Gasteiger partial charge in [-0.25, -0.2) is 0 Å². The molecule has 1 heterocycles. The molecule has 24 heavy (non-hydrogen) atoms. The molecule has 5 heteroatoms. The first-order valence-corrected chi connectivity index (χ1v) is 9.52. The maximum atomic E-state index is 10.3. The quantitative estimate of drug-likeness (QED) is 0.597. The molecule has 2 aromatic rings. The van der Waals surface area contributed by atoms with Crippen LogP contribution in [0.1, 0.15) is 39.7 Å². The fraction of sp³-hybridized carbons (Fsp3) is 0.579. The molecule has 1 aromatic heterocycles. The lowest BCUT2D eigenvalue weighted by Gasteiger charge is -2.32. The molecule has 134 valence electrons. The van der Waals surface area contributed by atoms with Gasteiger partial charge >= 0.3 is 0 Å². The summed E-state index contributed by atoms with van der Waals surface area (Å²) in [5.41, 5.74) is 2.20. The minimum absolute atomic E-state index is 0.0214. The third-order valence-electron chi connectivity index (χ3n) is 4.09. The molecule has 2 atom stereocenters. The van der Waals surface area contributed by atoms with E-state index in [-0.39, 0.29) is 11.5 Å². The first kappa shape index (κ1) is 19.2. The fourth-order valence-electron chi connectivity index (χ4n) is 2.74. The van der Waals surface area contributed by atoms with Crippen molar-refractivity contribution in [2.45, 2.75) is 57.3 Å². The first-order chi connectivity index (χ1) is 11.3. The van der Waals surface area contributed by atoms with Crippen molar-refractivity contribution < 1.29 is 9.84 Å². The van der Waals surface area contributed by atoms with Crippen LogP contribution in [0, 0.1) is 6.92 Å². The molecule has 0 spiro atoms. The highest BCUT2D eigenvalue weighted by molar-refractivity contribution is 8.01. The zero-order valence-corrected chi connectivity index (χ0v) is 16.2. The van der Waals surface area contributed by atoms with E-state index in [0.717, 1.165) is 28.6 Å². The number of hydrogen-bond acceptors (Lipinski definition) is 4. The number of H-pyrrole nitrogens is 1. The Hall–Kier alpha value is -1.17. The van der Waals surface area contributed by atoms with Crippen LogP contribution in [0.5, 0.6) is 5.75 Å². The summed E-state index contributed by atoms with van der Waals surface area (Å²) >= 11 is 1.90. The zero-order valence-electron chi connectivity index (χ0n) is 15.3. The number of aromatic amines is 1. The second-order valence-electron chi connectivity index (χ2n) is 6.80. The van der Waals surface area contributed by atoms with Crippen LogP contribution in [0.3, 0.4) is 0 Å². The maximum Gasteiger partial charge on any atom is 0.129 e. The van der Waals surface area contributed by atoms with Crippen molar-refractivity contribution in [2.24, 2.45) is 0 Å². The number of fused-ring (bicyclic) bond motifs is 1. The number of nitrogens with one attached hydrogen (secondary N) is 2. The highest BCUT2D eigenvalue weighted by Gasteiger charge is 2.24. The number of aromatic nitrogens is 1. The number of ether oxygens (including phenoxy) is 1. The summed E-state index contributed by atoms with van der Waals surface area (Å²) in [5.74, 6) is 0.820. The van der Waals surface area contributed by atoms with Gasteiger partial charge in [0.25, 0.3) is 0 Å². The third kappa shape index (κ3) is 5.16. The van der Waals surface area contributed by atoms with Gasteiger partial charge in [-0.05, 0) is 44.0 Å². The Balaban J connectivity index is 1.90.